The van der Waals surface area contributed by atoms with Gasteiger partial charge in [-0.15, -0.1) is 12.4 Å². The smallest absolute Gasteiger partial charge is 0.189 e. The van der Waals surface area contributed by atoms with E-state index in [4.69, 9.17) is 5.11 Å². The van der Waals surface area contributed by atoms with E-state index >= 15 is 0 Å². The van der Waals surface area contributed by atoms with Gasteiger partial charge in [0.25, 0.3) is 0 Å². The molecule has 0 saturated carbocycles. The van der Waals surface area contributed by atoms with Crippen molar-refractivity contribution in [3.8, 4) is 0 Å². The number of nitrogens with zero attached hydrogens (tertiary/aromatic N) is 1. The van der Waals surface area contributed by atoms with E-state index < -0.39 is 0 Å². The molecule has 0 aromatic heterocycles. The molecular formula is C6H20ClN2O+. The molecule has 0 heterocycles. The van der Waals surface area contributed by atoms with Gasteiger partial charge in [0.2, 0.25) is 0 Å². The SMILES string of the molecule is CCC(O)[N+](C)(C)C.Cl.N. The summed E-state index contributed by atoms with van der Waals surface area (Å²) in [5, 5.41) is 9.17. The van der Waals surface area contributed by atoms with Gasteiger partial charge in [-0.1, -0.05) is 6.92 Å². The fourth-order valence-electron chi connectivity index (χ4n) is 0.548. The van der Waals surface area contributed by atoms with Crippen LogP contribution < -0.4 is 6.15 Å². The van der Waals surface area contributed by atoms with Crippen LogP contribution >= 0.6 is 12.4 Å². The van der Waals surface area contributed by atoms with Gasteiger partial charge in [0.15, 0.2) is 6.23 Å². The highest BCUT2D eigenvalue weighted by Crippen LogP contribution is 2.01. The minimum absolute atomic E-state index is 0. The van der Waals surface area contributed by atoms with Gasteiger partial charge < -0.3 is 15.7 Å². The lowest BCUT2D eigenvalue weighted by Gasteiger charge is -2.28. The molecule has 66 valence electrons. The summed E-state index contributed by atoms with van der Waals surface area (Å²) in [5.41, 5.74) is 0. The highest BCUT2D eigenvalue weighted by atomic mass is 35.5. The standard InChI is InChI=1S/C6H16NO.ClH.H3N/c1-5-6(8)7(2,3)4;;/h6,8H,5H2,1-4H3;1H;1H3/q+1;;. The molecule has 1 atom stereocenters. The van der Waals surface area contributed by atoms with Crippen LogP contribution in [0, 0.1) is 0 Å². The van der Waals surface area contributed by atoms with Crippen molar-refractivity contribution < 1.29 is 9.59 Å². The van der Waals surface area contributed by atoms with Gasteiger partial charge in [-0.2, -0.15) is 0 Å². The van der Waals surface area contributed by atoms with Gasteiger partial charge in [0, 0.05) is 6.42 Å². The van der Waals surface area contributed by atoms with Crippen LogP contribution in [0.5, 0.6) is 0 Å². The van der Waals surface area contributed by atoms with Gasteiger partial charge >= 0.3 is 0 Å². The first-order valence-corrected chi connectivity index (χ1v) is 2.97. The summed E-state index contributed by atoms with van der Waals surface area (Å²) in [4.78, 5) is 0. The average molecular weight is 172 g/mol. The summed E-state index contributed by atoms with van der Waals surface area (Å²) in [6, 6.07) is 0. The largest absolute Gasteiger partial charge is 0.345 e. The van der Waals surface area contributed by atoms with E-state index in [1.807, 2.05) is 28.1 Å². The van der Waals surface area contributed by atoms with Crippen LogP contribution in [-0.2, 0) is 0 Å². The molecule has 0 rings (SSSR count). The third-order valence-corrected chi connectivity index (χ3v) is 1.26. The maximum Gasteiger partial charge on any atom is 0.189 e. The highest BCUT2D eigenvalue weighted by Gasteiger charge is 2.16. The maximum atomic E-state index is 9.17. The molecule has 0 aliphatic heterocycles. The predicted molar refractivity (Wildman–Crippen MR) is 46.6 cm³/mol. The van der Waals surface area contributed by atoms with Gasteiger partial charge in [-0.25, -0.2) is 0 Å². The van der Waals surface area contributed by atoms with Crippen molar-refractivity contribution in [3.05, 3.63) is 0 Å². The van der Waals surface area contributed by atoms with Crippen molar-refractivity contribution in [3.63, 3.8) is 0 Å². The Morgan fingerprint density at radius 1 is 1.30 bits per heavy atom. The van der Waals surface area contributed by atoms with Crippen molar-refractivity contribution in [2.24, 2.45) is 0 Å². The second kappa shape index (κ2) is 5.92. The Labute approximate surface area is 69.6 Å². The van der Waals surface area contributed by atoms with Crippen LogP contribution in [0.15, 0.2) is 0 Å². The van der Waals surface area contributed by atoms with Gasteiger partial charge in [-0.3, -0.25) is 0 Å². The first kappa shape index (κ1) is 16.6. The normalized spacial score (nSPS) is 12.9. The quantitative estimate of drug-likeness (QED) is 0.481. The molecule has 1 unspecified atom stereocenters. The van der Waals surface area contributed by atoms with Crippen molar-refractivity contribution in [2.75, 3.05) is 21.1 Å². The van der Waals surface area contributed by atoms with Crippen LogP contribution in [0.1, 0.15) is 13.3 Å². The number of aliphatic hydroxyl groups excluding tert-OH is 1. The molecule has 0 aromatic carbocycles. The number of rotatable bonds is 2. The molecule has 4 N–H and O–H groups in total. The van der Waals surface area contributed by atoms with Crippen LogP contribution in [0.2, 0.25) is 0 Å². The topological polar surface area (TPSA) is 55.2 Å². The summed E-state index contributed by atoms with van der Waals surface area (Å²) in [5.74, 6) is 0. The van der Waals surface area contributed by atoms with E-state index in [9.17, 15) is 0 Å². The van der Waals surface area contributed by atoms with E-state index in [1.54, 1.807) is 0 Å². The zero-order valence-corrected chi connectivity index (χ0v) is 8.11. The number of hydrogen-bond acceptors (Lipinski definition) is 2. The van der Waals surface area contributed by atoms with Gasteiger partial charge in [-0.05, 0) is 0 Å². The Hall–Kier alpha value is 0.170. The number of aliphatic hydroxyl groups is 1. The molecule has 3 nitrogen and oxygen atoms in total. The molecule has 0 spiro atoms. The third-order valence-electron chi connectivity index (χ3n) is 1.26. The Bertz CT molecular complexity index is 72.6. The molecule has 0 aliphatic carbocycles. The maximum absolute atomic E-state index is 9.17. The van der Waals surface area contributed by atoms with Crippen LogP contribution in [0.4, 0.5) is 0 Å². The Morgan fingerprint density at radius 2 is 1.60 bits per heavy atom. The molecule has 10 heavy (non-hydrogen) atoms. The number of quaternary nitrogens is 1. The average Bonchev–Trinajstić information content (AvgIpc) is 1.62. The fourth-order valence-corrected chi connectivity index (χ4v) is 0.548. The Balaban J connectivity index is -0.000000245. The molecular weight excluding hydrogens is 152 g/mol. The number of hydrogen-bond donors (Lipinski definition) is 2. The summed E-state index contributed by atoms with van der Waals surface area (Å²) >= 11 is 0. The molecule has 0 aliphatic rings. The molecule has 4 heteroatoms. The van der Waals surface area contributed by atoms with Crippen LogP contribution in [0.25, 0.3) is 0 Å². The third kappa shape index (κ3) is 6.29. The Morgan fingerprint density at radius 3 is 1.60 bits per heavy atom. The lowest BCUT2D eigenvalue weighted by molar-refractivity contribution is -0.918. The summed E-state index contributed by atoms with van der Waals surface area (Å²) in [6.45, 7) is 1.98. The lowest BCUT2D eigenvalue weighted by atomic mass is 10.4. The number of halogens is 1. The minimum atomic E-state index is -0.213. The Kier molecular flexibility index (Phi) is 9.84. The zero-order valence-electron chi connectivity index (χ0n) is 7.29. The van der Waals surface area contributed by atoms with Gasteiger partial charge in [0.1, 0.15) is 0 Å². The molecule has 0 saturated heterocycles. The first-order chi connectivity index (χ1) is 3.48. The molecule has 0 bridgehead atoms. The van der Waals surface area contributed by atoms with E-state index in [-0.39, 0.29) is 24.8 Å². The van der Waals surface area contributed by atoms with Gasteiger partial charge in [0.05, 0.1) is 21.1 Å². The summed E-state index contributed by atoms with van der Waals surface area (Å²) in [6.07, 6.45) is 0.610. The molecule has 0 amide bonds. The van der Waals surface area contributed by atoms with Crippen molar-refractivity contribution in [1.29, 1.82) is 0 Å². The van der Waals surface area contributed by atoms with Crippen molar-refractivity contribution >= 4 is 12.4 Å². The highest BCUT2D eigenvalue weighted by molar-refractivity contribution is 5.85. The van der Waals surface area contributed by atoms with Crippen molar-refractivity contribution in [2.45, 2.75) is 19.6 Å². The second-order valence-electron chi connectivity index (χ2n) is 3.01. The minimum Gasteiger partial charge on any atom is -0.345 e. The monoisotopic (exact) mass is 171 g/mol. The van der Waals surface area contributed by atoms with Crippen molar-refractivity contribution in [1.82, 2.24) is 6.15 Å². The lowest BCUT2D eigenvalue weighted by Crippen LogP contribution is -2.44. The summed E-state index contributed by atoms with van der Waals surface area (Å²) in [7, 11) is 5.94. The van der Waals surface area contributed by atoms with E-state index in [1.165, 1.54) is 0 Å². The van der Waals surface area contributed by atoms with Crippen LogP contribution in [-0.4, -0.2) is 37.0 Å². The second-order valence-corrected chi connectivity index (χ2v) is 3.01. The predicted octanol–water partition coefficient (Wildman–Crippen LogP) is 1.00. The van der Waals surface area contributed by atoms with Crippen LogP contribution in [0.3, 0.4) is 0 Å². The molecule has 0 radical (unpaired) electrons. The first-order valence-electron chi connectivity index (χ1n) is 2.97. The molecule has 0 aromatic rings. The van der Waals surface area contributed by atoms with E-state index in [2.05, 4.69) is 0 Å². The van der Waals surface area contributed by atoms with E-state index in [0.29, 0.717) is 4.48 Å². The molecule has 0 fully saturated rings. The summed E-state index contributed by atoms with van der Waals surface area (Å²) < 4.78 is 0.635. The van der Waals surface area contributed by atoms with E-state index in [0.717, 1.165) is 6.42 Å². The zero-order chi connectivity index (χ0) is 6.78. The fraction of sp³-hybridized carbons (Fsp3) is 1.00.